The molecule has 1 aromatic heterocycles. The molecule has 1 aromatic carbocycles. The summed E-state index contributed by atoms with van der Waals surface area (Å²) in [6, 6.07) is 8.61. The molecule has 5 heteroatoms. The molecule has 0 bridgehead atoms. The van der Waals surface area contributed by atoms with Crippen molar-refractivity contribution in [1.29, 1.82) is 0 Å². The zero-order valence-electron chi connectivity index (χ0n) is 13.7. The summed E-state index contributed by atoms with van der Waals surface area (Å²) in [7, 11) is 0. The van der Waals surface area contributed by atoms with Crippen LogP contribution >= 0.6 is 0 Å². The Labute approximate surface area is 136 Å². The van der Waals surface area contributed by atoms with Crippen LogP contribution in [0.4, 0.5) is 6.01 Å². The summed E-state index contributed by atoms with van der Waals surface area (Å²) in [5.41, 5.74) is 2.43. The molecule has 1 heterocycles. The summed E-state index contributed by atoms with van der Waals surface area (Å²) >= 11 is 0. The number of benzene rings is 1. The average molecular weight is 313 g/mol. The molecule has 1 saturated carbocycles. The molecule has 122 valence electrons. The minimum atomic E-state index is -0.000939. The van der Waals surface area contributed by atoms with Crippen molar-refractivity contribution in [2.24, 2.45) is 5.92 Å². The number of nitrogens with zero attached hydrogens (tertiary/aromatic N) is 2. The average Bonchev–Trinajstić information content (AvgIpc) is 3.19. The maximum atomic E-state index is 12.0. The summed E-state index contributed by atoms with van der Waals surface area (Å²) in [4.78, 5) is 12.0. The second-order valence-electron chi connectivity index (χ2n) is 6.54. The van der Waals surface area contributed by atoms with Crippen molar-refractivity contribution in [3.8, 4) is 0 Å². The first-order valence-corrected chi connectivity index (χ1v) is 8.34. The largest absolute Gasteiger partial charge is 0.407 e. The van der Waals surface area contributed by atoms with Gasteiger partial charge >= 0.3 is 6.01 Å². The van der Waals surface area contributed by atoms with Gasteiger partial charge in [0.1, 0.15) is 0 Å². The number of rotatable bonds is 5. The van der Waals surface area contributed by atoms with Crippen molar-refractivity contribution in [2.75, 3.05) is 5.32 Å². The lowest BCUT2D eigenvalue weighted by atomic mass is 10.0. The minimum absolute atomic E-state index is 0.000939. The highest BCUT2D eigenvalue weighted by Crippen LogP contribution is 2.26. The van der Waals surface area contributed by atoms with Gasteiger partial charge in [-0.1, -0.05) is 56.1 Å². The monoisotopic (exact) mass is 313 g/mol. The van der Waals surface area contributed by atoms with E-state index in [1.807, 2.05) is 0 Å². The summed E-state index contributed by atoms with van der Waals surface area (Å²) < 4.78 is 5.54. The summed E-state index contributed by atoms with van der Waals surface area (Å²) in [5, 5.41) is 10.7. The molecular formula is C18H23N3O2. The Morgan fingerprint density at radius 2 is 1.91 bits per heavy atom. The second kappa shape index (κ2) is 6.94. The molecule has 2 aromatic rings. The normalized spacial score (nSPS) is 15.3. The number of hydrogen-bond donors (Lipinski definition) is 1. The summed E-state index contributed by atoms with van der Waals surface area (Å²) in [6.45, 7) is 4.35. The topological polar surface area (TPSA) is 68.0 Å². The van der Waals surface area contributed by atoms with Crippen molar-refractivity contribution in [2.45, 2.75) is 51.9 Å². The molecule has 0 spiro atoms. The van der Waals surface area contributed by atoms with E-state index in [0.29, 0.717) is 18.2 Å². The molecule has 1 N–H and O–H groups in total. The molecule has 0 aliphatic heterocycles. The fourth-order valence-corrected chi connectivity index (χ4v) is 2.97. The molecule has 23 heavy (non-hydrogen) atoms. The standard InChI is InChI=1S/C18H23N3O2/c1-12(2)14-9-7-13(8-10-14)11-16-20-21-18(23-16)19-17(22)15-5-3-4-6-15/h7-10,12,15H,3-6,11H2,1-2H3,(H,19,21,22). The van der Waals surface area contributed by atoms with Gasteiger partial charge in [0.25, 0.3) is 0 Å². The van der Waals surface area contributed by atoms with E-state index in [-0.39, 0.29) is 17.8 Å². The molecule has 5 nitrogen and oxygen atoms in total. The van der Waals surface area contributed by atoms with Crippen molar-refractivity contribution < 1.29 is 9.21 Å². The third-order valence-corrected chi connectivity index (χ3v) is 4.42. The van der Waals surface area contributed by atoms with Gasteiger partial charge in [-0.15, -0.1) is 5.10 Å². The number of anilines is 1. The number of aromatic nitrogens is 2. The molecule has 1 amide bonds. The first-order chi connectivity index (χ1) is 11.1. The van der Waals surface area contributed by atoms with Crippen LogP contribution in [0.25, 0.3) is 0 Å². The highest BCUT2D eigenvalue weighted by Gasteiger charge is 2.24. The highest BCUT2D eigenvalue weighted by atomic mass is 16.4. The first kappa shape index (κ1) is 15.7. The molecule has 0 atom stereocenters. The predicted octanol–water partition coefficient (Wildman–Crippen LogP) is 3.91. The molecule has 0 radical (unpaired) electrons. The third-order valence-electron chi connectivity index (χ3n) is 4.42. The van der Waals surface area contributed by atoms with Gasteiger partial charge in [0.15, 0.2) is 0 Å². The highest BCUT2D eigenvalue weighted by molar-refractivity contribution is 5.90. The van der Waals surface area contributed by atoms with Crippen LogP contribution in [0.5, 0.6) is 0 Å². The second-order valence-corrected chi connectivity index (χ2v) is 6.54. The van der Waals surface area contributed by atoms with Gasteiger partial charge in [0, 0.05) is 5.92 Å². The molecule has 1 aliphatic rings. The summed E-state index contributed by atoms with van der Waals surface area (Å²) in [5.74, 6) is 1.13. The maximum absolute atomic E-state index is 12.0. The number of amides is 1. The van der Waals surface area contributed by atoms with E-state index < -0.39 is 0 Å². The van der Waals surface area contributed by atoms with Crippen LogP contribution in [0.15, 0.2) is 28.7 Å². The number of carbonyl (C=O) groups is 1. The quantitative estimate of drug-likeness (QED) is 0.908. The lowest BCUT2D eigenvalue weighted by molar-refractivity contribution is -0.119. The molecule has 0 saturated heterocycles. The van der Waals surface area contributed by atoms with Crippen molar-refractivity contribution >= 4 is 11.9 Å². The Morgan fingerprint density at radius 1 is 1.22 bits per heavy atom. The SMILES string of the molecule is CC(C)c1ccc(Cc2nnc(NC(=O)C3CCCC3)o2)cc1. The molecular weight excluding hydrogens is 290 g/mol. The molecule has 1 fully saturated rings. The molecule has 1 aliphatic carbocycles. The van der Waals surface area contributed by atoms with Gasteiger partial charge < -0.3 is 4.42 Å². The Balaban J connectivity index is 1.59. The van der Waals surface area contributed by atoms with Crippen molar-refractivity contribution in [3.63, 3.8) is 0 Å². The fraction of sp³-hybridized carbons (Fsp3) is 0.500. The van der Waals surface area contributed by atoms with E-state index in [1.165, 1.54) is 5.56 Å². The molecule has 0 unspecified atom stereocenters. The molecule has 3 rings (SSSR count). The van der Waals surface area contributed by atoms with E-state index in [2.05, 4.69) is 53.6 Å². The lowest BCUT2D eigenvalue weighted by Crippen LogP contribution is -2.20. The zero-order valence-corrected chi connectivity index (χ0v) is 13.7. The van der Waals surface area contributed by atoms with E-state index >= 15 is 0 Å². The van der Waals surface area contributed by atoms with Crippen LogP contribution < -0.4 is 5.32 Å². The van der Waals surface area contributed by atoms with E-state index in [4.69, 9.17) is 4.42 Å². The van der Waals surface area contributed by atoms with Crippen molar-refractivity contribution in [3.05, 3.63) is 41.3 Å². The third kappa shape index (κ3) is 3.97. The smallest absolute Gasteiger partial charge is 0.322 e. The Bertz CT molecular complexity index is 655. The zero-order chi connectivity index (χ0) is 16.2. The van der Waals surface area contributed by atoms with Crippen LogP contribution in [-0.2, 0) is 11.2 Å². The van der Waals surface area contributed by atoms with Crippen LogP contribution in [0, 0.1) is 5.92 Å². The van der Waals surface area contributed by atoms with Gasteiger partial charge in [-0.3, -0.25) is 10.1 Å². The predicted molar refractivity (Wildman–Crippen MR) is 88.2 cm³/mol. The number of carbonyl (C=O) groups excluding carboxylic acids is 1. The Hall–Kier alpha value is -2.17. The Morgan fingerprint density at radius 3 is 2.57 bits per heavy atom. The van der Waals surface area contributed by atoms with Gasteiger partial charge in [-0.05, 0) is 29.9 Å². The number of hydrogen-bond acceptors (Lipinski definition) is 4. The van der Waals surface area contributed by atoms with Gasteiger partial charge in [0.05, 0.1) is 6.42 Å². The summed E-state index contributed by atoms with van der Waals surface area (Å²) in [6.07, 6.45) is 4.73. The lowest BCUT2D eigenvalue weighted by Gasteiger charge is -2.06. The Kier molecular flexibility index (Phi) is 4.74. The van der Waals surface area contributed by atoms with E-state index in [9.17, 15) is 4.79 Å². The van der Waals surface area contributed by atoms with E-state index in [0.717, 1.165) is 31.2 Å². The van der Waals surface area contributed by atoms with E-state index in [1.54, 1.807) is 0 Å². The van der Waals surface area contributed by atoms with Gasteiger partial charge in [-0.25, -0.2) is 0 Å². The van der Waals surface area contributed by atoms with Gasteiger partial charge in [-0.2, -0.15) is 0 Å². The van der Waals surface area contributed by atoms with Gasteiger partial charge in [0.2, 0.25) is 11.8 Å². The van der Waals surface area contributed by atoms with Crippen LogP contribution in [0.3, 0.4) is 0 Å². The minimum Gasteiger partial charge on any atom is -0.407 e. The number of nitrogens with one attached hydrogen (secondary N) is 1. The first-order valence-electron chi connectivity index (χ1n) is 8.34. The van der Waals surface area contributed by atoms with Crippen LogP contribution in [-0.4, -0.2) is 16.1 Å². The van der Waals surface area contributed by atoms with Crippen molar-refractivity contribution in [1.82, 2.24) is 10.2 Å². The maximum Gasteiger partial charge on any atom is 0.322 e. The van der Waals surface area contributed by atoms with Crippen LogP contribution in [0.2, 0.25) is 0 Å². The fourth-order valence-electron chi connectivity index (χ4n) is 2.97. The van der Waals surface area contributed by atoms with Crippen LogP contribution in [0.1, 0.15) is 62.5 Å².